The van der Waals surface area contributed by atoms with Crippen LogP contribution in [0.1, 0.15) is 131 Å². The average Bonchev–Trinajstić information content (AvgIpc) is 3.34. The molecule has 4 fully saturated rings. The number of ether oxygens (including phenoxy) is 1. The van der Waals surface area contributed by atoms with Gasteiger partial charge in [-0.2, -0.15) is 0 Å². The van der Waals surface area contributed by atoms with Crippen molar-refractivity contribution in [2.75, 3.05) is 6.61 Å². The van der Waals surface area contributed by atoms with Gasteiger partial charge in [0.15, 0.2) is 0 Å². The lowest BCUT2D eigenvalue weighted by molar-refractivity contribution is -0.00479. The first kappa shape index (κ1) is 29.2. The lowest BCUT2D eigenvalue weighted by Gasteiger charge is -2.48. The normalized spacial score (nSPS) is 39.4. The number of fused-ring (bicyclic) bond motifs is 2. The Balaban J connectivity index is 1.42. The van der Waals surface area contributed by atoms with Crippen LogP contribution in [0.2, 0.25) is 24.2 Å². The lowest BCUT2D eigenvalue weighted by atomic mass is 9.76. The topological polar surface area (TPSA) is 9.23 Å². The summed E-state index contributed by atoms with van der Waals surface area (Å²) in [7, 11) is -1.38. The van der Waals surface area contributed by atoms with E-state index in [-0.39, 0.29) is 5.60 Å². The standard InChI is InChI=1S/C34H64OSi/c1-24(2)31-23-26-17-12-13-19-28(26)33(31)36(7,8)32-25(3)27(29-20-14-15-21-30(29)32)18-11-9-10-16-22-35-34(4,5)6/h24-33H,9-23H2,1-8H3. The third-order valence-electron chi connectivity index (χ3n) is 12.1. The molecule has 0 spiro atoms. The van der Waals surface area contributed by atoms with Crippen molar-refractivity contribution in [2.24, 2.45) is 47.3 Å². The van der Waals surface area contributed by atoms with Crippen molar-refractivity contribution in [3.63, 3.8) is 0 Å². The monoisotopic (exact) mass is 516 g/mol. The van der Waals surface area contributed by atoms with Gasteiger partial charge in [0.25, 0.3) is 0 Å². The van der Waals surface area contributed by atoms with E-state index in [9.17, 15) is 0 Å². The summed E-state index contributed by atoms with van der Waals surface area (Å²) in [6.45, 7) is 21.3. The second-order valence-electron chi connectivity index (χ2n) is 16.0. The molecular weight excluding hydrogens is 452 g/mol. The maximum atomic E-state index is 5.96. The molecule has 0 aromatic rings. The van der Waals surface area contributed by atoms with E-state index in [1.165, 1.54) is 57.8 Å². The Morgan fingerprint density at radius 3 is 2.06 bits per heavy atom. The lowest BCUT2D eigenvalue weighted by Crippen LogP contribution is -2.47. The zero-order valence-corrected chi connectivity index (χ0v) is 26.8. The second kappa shape index (κ2) is 12.1. The predicted molar refractivity (Wildman–Crippen MR) is 160 cm³/mol. The predicted octanol–water partition coefficient (Wildman–Crippen LogP) is 10.8. The summed E-state index contributed by atoms with van der Waals surface area (Å²) in [4.78, 5) is 0. The Labute approximate surface area is 227 Å². The minimum Gasteiger partial charge on any atom is -0.376 e. The maximum absolute atomic E-state index is 5.96. The third kappa shape index (κ3) is 6.32. The third-order valence-corrected chi connectivity index (χ3v) is 17.4. The Kier molecular flexibility index (Phi) is 9.84. The van der Waals surface area contributed by atoms with E-state index in [2.05, 4.69) is 54.6 Å². The molecule has 0 aromatic heterocycles. The van der Waals surface area contributed by atoms with Crippen LogP contribution in [0.25, 0.3) is 0 Å². The largest absolute Gasteiger partial charge is 0.376 e. The molecule has 0 N–H and O–H groups in total. The Bertz CT molecular complexity index is 675. The van der Waals surface area contributed by atoms with Gasteiger partial charge in [-0.25, -0.2) is 0 Å². The Hall–Kier alpha value is 0.177. The van der Waals surface area contributed by atoms with Crippen molar-refractivity contribution in [3.8, 4) is 0 Å². The van der Waals surface area contributed by atoms with Crippen molar-refractivity contribution in [2.45, 2.75) is 161 Å². The molecule has 0 radical (unpaired) electrons. The van der Waals surface area contributed by atoms with Crippen LogP contribution in [0.3, 0.4) is 0 Å². The summed E-state index contributed by atoms with van der Waals surface area (Å²) in [6.07, 6.45) is 21.0. The molecule has 9 atom stereocenters. The first-order valence-electron chi connectivity index (χ1n) is 16.7. The van der Waals surface area contributed by atoms with Crippen LogP contribution in [0, 0.1) is 47.3 Å². The van der Waals surface area contributed by atoms with Gasteiger partial charge >= 0.3 is 0 Å². The molecule has 0 heterocycles. The van der Waals surface area contributed by atoms with Crippen LogP contribution in [-0.2, 0) is 4.74 Å². The fraction of sp³-hybridized carbons (Fsp3) is 1.00. The minimum atomic E-state index is -1.38. The molecular formula is C34H64OSi. The maximum Gasteiger partial charge on any atom is 0.0598 e. The van der Waals surface area contributed by atoms with Gasteiger partial charge in [-0.05, 0) is 105 Å². The quantitative estimate of drug-likeness (QED) is 0.207. The van der Waals surface area contributed by atoms with E-state index >= 15 is 0 Å². The van der Waals surface area contributed by atoms with Crippen LogP contribution in [0.5, 0.6) is 0 Å². The fourth-order valence-corrected chi connectivity index (χ4v) is 17.7. The van der Waals surface area contributed by atoms with Crippen LogP contribution in [0.15, 0.2) is 0 Å². The molecule has 4 aliphatic rings. The number of unbranched alkanes of at least 4 members (excludes halogenated alkanes) is 3. The molecule has 9 unspecified atom stereocenters. The zero-order chi connectivity index (χ0) is 26.1. The van der Waals surface area contributed by atoms with Gasteiger partial charge < -0.3 is 4.74 Å². The van der Waals surface area contributed by atoms with E-state index in [0.29, 0.717) is 0 Å². The summed E-state index contributed by atoms with van der Waals surface area (Å²) < 4.78 is 5.96. The van der Waals surface area contributed by atoms with Crippen molar-refractivity contribution in [1.82, 2.24) is 0 Å². The first-order valence-corrected chi connectivity index (χ1v) is 19.8. The van der Waals surface area contributed by atoms with Crippen LogP contribution < -0.4 is 0 Å². The van der Waals surface area contributed by atoms with E-state index < -0.39 is 8.07 Å². The Morgan fingerprint density at radius 1 is 0.778 bits per heavy atom. The smallest absolute Gasteiger partial charge is 0.0598 e. The number of rotatable bonds is 10. The van der Waals surface area contributed by atoms with Gasteiger partial charge in [-0.3, -0.25) is 0 Å². The van der Waals surface area contributed by atoms with Gasteiger partial charge in [0.1, 0.15) is 0 Å². The number of hydrogen-bond acceptors (Lipinski definition) is 1. The van der Waals surface area contributed by atoms with E-state index in [1.807, 2.05) is 0 Å². The summed E-state index contributed by atoms with van der Waals surface area (Å²) in [5.74, 6) is 8.26. The van der Waals surface area contributed by atoms with Crippen molar-refractivity contribution >= 4 is 8.07 Å². The van der Waals surface area contributed by atoms with Gasteiger partial charge in [0, 0.05) is 6.61 Å². The highest BCUT2D eigenvalue weighted by Gasteiger charge is 2.60. The van der Waals surface area contributed by atoms with Gasteiger partial charge in [-0.1, -0.05) is 98.1 Å². The number of hydrogen-bond donors (Lipinski definition) is 0. The molecule has 4 rings (SSSR count). The minimum absolute atomic E-state index is 0.0204. The zero-order valence-electron chi connectivity index (χ0n) is 25.8. The van der Waals surface area contributed by atoms with Crippen molar-refractivity contribution < 1.29 is 4.74 Å². The molecule has 0 saturated heterocycles. The highest BCUT2D eigenvalue weighted by Crippen LogP contribution is 2.67. The molecule has 36 heavy (non-hydrogen) atoms. The molecule has 4 aliphatic carbocycles. The summed E-state index contributed by atoms with van der Waals surface area (Å²) in [6, 6.07) is 0. The van der Waals surface area contributed by atoms with Gasteiger partial charge in [0.2, 0.25) is 0 Å². The summed E-state index contributed by atoms with van der Waals surface area (Å²) in [5.41, 5.74) is 2.23. The van der Waals surface area contributed by atoms with Crippen LogP contribution in [0.4, 0.5) is 0 Å². The average molecular weight is 517 g/mol. The fourth-order valence-electron chi connectivity index (χ4n) is 11.0. The van der Waals surface area contributed by atoms with Crippen LogP contribution >= 0.6 is 0 Å². The second-order valence-corrected chi connectivity index (χ2v) is 21.0. The van der Waals surface area contributed by atoms with Crippen molar-refractivity contribution in [1.29, 1.82) is 0 Å². The van der Waals surface area contributed by atoms with Crippen molar-refractivity contribution in [3.05, 3.63) is 0 Å². The molecule has 0 aromatic carbocycles. The van der Waals surface area contributed by atoms with E-state index in [4.69, 9.17) is 4.74 Å². The highest BCUT2D eigenvalue weighted by molar-refractivity contribution is 6.80. The Morgan fingerprint density at radius 2 is 1.39 bits per heavy atom. The molecule has 0 amide bonds. The van der Waals surface area contributed by atoms with Gasteiger partial charge in [0.05, 0.1) is 13.7 Å². The molecule has 0 aliphatic heterocycles. The molecule has 0 bridgehead atoms. The summed E-state index contributed by atoms with van der Waals surface area (Å²) >= 11 is 0. The molecule has 1 nitrogen and oxygen atoms in total. The molecule has 2 heteroatoms. The SMILES string of the molecule is CC(C)C1CC2CCCCC2C1[Si](C)(C)C1C(C)C(CCCCCCOC(C)(C)C)C2CCCCC21. The van der Waals surface area contributed by atoms with E-state index in [1.54, 1.807) is 32.1 Å². The summed E-state index contributed by atoms with van der Waals surface area (Å²) in [5, 5.41) is 0. The van der Waals surface area contributed by atoms with Gasteiger partial charge in [-0.15, -0.1) is 0 Å². The first-order chi connectivity index (χ1) is 17.0. The molecule has 4 saturated carbocycles. The molecule has 210 valence electrons. The van der Waals surface area contributed by atoms with E-state index in [0.717, 1.165) is 65.0 Å². The highest BCUT2D eigenvalue weighted by atomic mass is 28.3. The van der Waals surface area contributed by atoms with Crippen LogP contribution in [-0.4, -0.2) is 20.3 Å².